The van der Waals surface area contributed by atoms with Crippen molar-refractivity contribution in [3.05, 3.63) is 48.3 Å². The van der Waals surface area contributed by atoms with E-state index in [4.69, 9.17) is 4.74 Å². The summed E-state index contributed by atoms with van der Waals surface area (Å²) in [6.07, 6.45) is 5.51. The minimum atomic E-state index is -0.770. The molecule has 3 heterocycles. The van der Waals surface area contributed by atoms with Crippen molar-refractivity contribution in [1.29, 1.82) is 0 Å². The van der Waals surface area contributed by atoms with E-state index in [0.717, 1.165) is 18.5 Å². The van der Waals surface area contributed by atoms with E-state index in [0.29, 0.717) is 31.7 Å². The Morgan fingerprint density at radius 1 is 1.11 bits per heavy atom. The summed E-state index contributed by atoms with van der Waals surface area (Å²) in [7, 11) is 0. The topological polar surface area (TPSA) is 84.7 Å². The van der Waals surface area contributed by atoms with E-state index in [1.54, 1.807) is 10.9 Å². The lowest BCUT2D eigenvalue weighted by Gasteiger charge is -2.35. The first kappa shape index (κ1) is 17.7. The van der Waals surface area contributed by atoms with Gasteiger partial charge in [-0.25, -0.2) is 4.68 Å². The van der Waals surface area contributed by atoms with Crippen molar-refractivity contribution in [2.45, 2.75) is 25.4 Å². The first-order chi connectivity index (χ1) is 13.1. The number of nitrogens with zero attached hydrogens (tertiary/aromatic N) is 3. The number of hydrogen-bond acceptors (Lipinski definition) is 4. The number of likely N-dealkylation sites (tertiary alicyclic amines) is 1. The number of benzene rings is 1. The second kappa shape index (κ2) is 7.52. The smallest absolute Gasteiger partial charge is 0.309 e. The number of ether oxygens (including phenoxy) is 1. The fourth-order valence-corrected chi connectivity index (χ4v) is 4.13. The van der Waals surface area contributed by atoms with Crippen LogP contribution in [0.3, 0.4) is 0 Å². The summed E-state index contributed by atoms with van der Waals surface area (Å²) in [5, 5.41) is 13.5. The van der Waals surface area contributed by atoms with Crippen molar-refractivity contribution < 1.29 is 19.4 Å². The third kappa shape index (κ3) is 3.60. The van der Waals surface area contributed by atoms with Gasteiger partial charge in [-0.2, -0.15) is 5.10 Å². The summed E-state index contributed by atoms with van der Waals surface area (Å²) in [5.74, 6) is -0.956. The van der Waals surface area contributed by atoms with Crippen molar-refractivity contribution in [3.8, 4) is 5.69 Å². The number of piperidine rings is 1. The molecule has 1 unspecified atom stereocenters. The zero-order valence-corrected chi connectivity index (χ0v) is 15.0. The van der Waals surface area contributed by atoms with Gasteiger partial charge in [0.2, 0.25) is 0 Å². The van der Waals surface area contributed by atoms with E-state index in [1.165, 1.54) is 0 Å². The van der Waals surface area contributed by atoms with E-state index in [1.807, 2.05) is 41.4 Å². The van der Waals surface area contributed by atoms with E-state index >= 15 is 0 Å². The van der Waals surface area contributed by atoms with Crippen LogP contribution in [0.5, 0.6) is 0 Å². The molecule has 1 aromatic heterocycles. The standard InChI is InChI=1S/C20H23N3O4/c24-19(15-2-4-16(5-3-15)23-10-1-9-21-23)22-11-6-14(7-12-22)18-17(20(25)26)8-13-27-18/h1-5,9-10,14,17-18H,6-8,11-13H2,(H,25,26)/t17?,18-/m0/s1. The van der Waals surface area contributed by atoms with Gasteiger partial charge in [0.1, 0.15) is 0 Å². The molecule has 1 amide bonds. The summed E-state index contributed by atoms with van der Waals surface area (Å²) >= 11 is 0. The molecule has 7 nitrogen and oxygen atoms in total. The molecule has 1 aromatic carbocycles. The quantitative estimate of drug-likeness (QED) is 0.893. The van der Waals surface area contributed by atoms with Gasteiger partial charge in [0.15, 0.2) is 0 Å². The van der Waals surface area contributed by atoms with Gasteiger partial charge in [0, 0.05) is 37.7 Å². The highest BCUT2D eigenvalue weighted by Gasteiger charge is 2.40. The lowest BCUT2D eigenvalue weighted by atomic mass is 9.84. The zero-order valence-electron chi connectivity index (χ0n) is 15.0. The number of aromatic nitrogens is 2. The van der Waals surface area contributed by atoms with E-state index in [9.17, 15) is 14.7 Å². The Balaban J connectivity index is 1.36. The summed E-state index contributed by atoms with van der Waals surface area (Å²) in [5.41, 5.74) is 1.57. The van der Waals surface area contributed by atoms with E-state index < -0.39 is 11.9 Å². The van der Waals surface area contributed by atoms with Gasteiger partial charge in [-0.3, -0.25) is 9.59 Å². The SMILES string of the molecule is O=C(O)C1CCO[C@H]1C1CCN(C(=O)c2ccc(-n3cccn3)cc2)CC1. The molecule has 2 fully saturated rings. The molecule has 4 rings (SSSR count). The first-order valence-corrected chi connectivity index (χ1v) is 9.37. The molecule has 2 saturated heterocycles. The summed E-state index contributed by atoms with van der Waals surface area (Å²) in [6.45, 7) is 1.79. The lowest BCUT2D eigenvalue weighted by molar-refractivity contribution is -0.145. The summed E-state index contributed by atoms with van der Waals surface area (Å²) in [6, 6.07) is 9.28. The van der Waals surface area contributed by atoms with Crippen LogP contribution in [0.25, 0.3) is 5.69 Å². The molecule has 2 aliphatic rings. The molecule has 27 heavy (non-hydrogen) atoms. The molecular weight excluding hydrogens is 346 g/mol. The van der Waals surface area contributed by atoms with Crippen molar-refractivity contribution in [3.63, 3.8) is 0 Å². The van der Waals surface area contributed by atoms with Crippen LogP contribution in [0.2, 0.25) is 0 Å². The fourth-order valence-electron chi connectivity index (χ4n) is 4.13. The van der Waals surface area contributed by atoms with Crippen LogP contribution in [0.1, 0.15) is 29.6 Å². The van der Waals surface area contributed by atoms with Crippen LogP contribution < -0.4 is 0 Å². The van der Waals surface area contributed by atoms with Gasteiger partial charge in [-0.05, 0) is 55.5 Å². The molecule has 2 aliphatic heterocycles. The number of carboxylic acids is 1. The van der Waals surface area contributed by atoms with Crippen LogP contribution in [0.4, 0.5) is 0 Å². The predicted octanol–water partition coefficient (Wildman–Crippen LogP) is 2.21. The third-order valence-electron chi connectivity index (χ3n) is 5.63. The maximum Gasteiger partial charge on any atom is 0.309 e. The van der Waals surface area contributed by atoms with E-state index in [-0.39, 0.29) is 17.9 Å². The first-order valence-electron chi connectivity index (χ1n) is 9.37. The molecule has 2 atom stereocenters. The Hall–Kier alpha value is -2.67. The van der Waals surface area contributed by atoms with Crippen LogP contribution in [0, 0.1) is 11.8 Å². The average Bonchev–Trinajstić information content (AvgIpc) is 3.40. The third-order valence-corrected chi connectivity index (χ3v) is 5.63. The Kier molecular flexibility index (Phi) is 4.94. The van der Waals surface area contributed by atoms with Crippen LogP contribution in [0.15, 0.2) is 42.7 Å². The molecule has 0 radical (unpaired) electrons. The fraction of sp³-hybridized carbons (Fsp3) is 0.450. The second-order valence-corrected chi connectivity index (χ2v) is 7.20. The normalized spacial score (nSPS) is 23.5. The average molecular weight is 369 g/mol. The predicted molar refractivity (Wildman–Crippen MR) is 97.7 cm³/mol. The highest BCUT2D eigenvalue weighted by molar-refractivity contribution is 5.94. The second-order valence-electron chi connectivity index (χ2n) is 7.20. The number of aliphatic carboxylic acids is 1. The van der Waals surface area contributed by atoms with Gasteiger partial charge < -0.3 is 14.7 Å². The number of carboxylic acid groups (broad SMARTS) is 1. The molecule has 2 aromatic rings. The molecule has 142 valence electrons. The number of carbonyl (C=O) groups is 2. The maximum atomic E-state index is 12.8. The minimum absolute atomic E-state index is 0.0163. The summed E-state index contributed by atoms with van der Waals surface area (Å²) in [4.78, 5) is 26.0. The van der Waals surface area contributed by atoms with Crippen molar-refractivity contribution in [2.75, 3.05) is 19.7 Å². The Morgan fingerprint density at radius 2 is 1.85 bits per heavy atom. The highest BCUT2D eigenvalue weighted by atomic mass is 16.5. The molecule has 0 aliphatic carbocycles. The van der Waals surface area contributed by atoms with Crippen molar-refractivity contribution in [2.24, 2.45) is 11.8 Å². The van der Waals surface area contributed by atoms with Gasteiger partial charge in [0.25, 0.3) is 5.91 Å². The van der Waals surface area contributed by atoms with Crippen molar-refractivity contribution in [1.82, 2.24) is 14.7 Å². The van der Waals surface area contributed by atoms with Gasteiger partial charge in [-0.1, -0.05) is 0 Å². The molecule has 0 saturated carbocycles. The molecule has 0 spiro atoms. The van der Waals surface area contributed by atoms with Gasteiger partial charge >= 0.3 is 5.97 Å². The Morgan fingerprint density at radius 3 is 2.48 bits per heavy atom. The Labute approximate surface area is 157 Å². The largest absolute Gasteiger partial charge is 0.481 e. The van der Waals surface area contributed by atoms with E-state index in [2.05, 4.69) is 5.10 Å². The molecule has 7 heteroatoms. The van der Waals surface area contributed by atoms with Gasteiger partial charge in [-0.15, -0.1) is 0 Å². The minimum Gasteiger partial charge on any atom is -0.481 e. The lowest BCUT2D eigenvalue weighted by Crippen LogP contribution is -2.43. The number of carbonyl (C=O) groups excluding carboxylic acids is 1. The maximum absolute atomic E-state index is 12.8. The van der Waals surface area contributed by atoms with Crippen LogP contribution in [-0.2, 0) is 9.53 Å². The molecule has 1 N–H and O–H groups in total. The Bertz CT molecular complexity index is 795. The van der Waals surface area contributed by atoms with Crippen molar-refractivity contribution >= 4 is 11.9 Å². The zero-order chi connectivity index (χ0) is 18.8. The van der Waals surface area contributed by atoms with Gasteiger partial charge in [0.05, 0.1) is 17.7 Å². The summed E-state index contributed by atoms with van der Waals surface area (Å²) < 4.78 is 7.45. The van der Waals surface area contributed by atoms with Crippen LogP contribution in [-0.4, -0.2) is 57.5 Å². The highest BCUT2D eigenvalue weighted by Crippen LogP contribution is 2.33. The number of hydrogen-bond donors (Lipinski definition) is 1. The molecule has 0 bridgehead atoms. The number of rotatable bonds is 4. The number of amides is 1. The molecular formula is C20H23N3O4. The monoisotopic (exact) mass is 369 g/mol. The van der Waals surface area contributed by atoms with Crippen LogP contribution >= 0.6 is 0 Å².